The fourth-order valence-corrected chi connectivity index (χ4v) is 2.04. The summed E-state index contributed by atoms with van der Waals surface area (Å²) in [6.45, 7) is 0.932. The van der Waals surface area contributed by atoms with Crippen LogP contribution < -0.4 is 20.5 Å². The molecule has 112 valence electrons. The molecule has 0 aliphatic rings. The Kier molecular flexibility index (Phi) is 7.18. The lowest BCUT2D eigenvalue weighted by atomic mass is 10.1. The molecule has 0 atom stereocenters. The average molecular weight is 301 g/mol. The number of carbonyl (C=O) groups excluding carboxylic acids is 1. The number of benzene rings is 1. The van der Waals surface area contributed by atoms with E-state index in [4.69, 9.17) is 26.8 Å². The molecule has 1 amide bonds. The van der Waals surface area contributed by atoms with Gasteiger partial charge >= 0.3 is 0 Å². The minimum atomic E-state index is -0.00106. The highest BCUT2D eigenvalue weighted by Crippen LogP contribution is 2.35. The number of hydrogen-bond donors (Lipinski definition) is 2. The Balaban J connectivity index is 2.73. The Labute approximate surface area is 124 Å². The van der Waals surface area contributed by atoms with Crippen LogP contribution in [-0.4, -0.2) is 33.2 Å². The van der Waals surface area contributed by atoms with Crippen LogP contribution in [0.2, 0.25) is 5.02 Å². The molecule has 0 unspecified atom stereocenters. The number of carbonyl (C=O) groups is 1. The molecule has 3 N–H and O–H groups in total. The highest BCUT2D eigenvalue weighted by atomic mass is 35.5. The van der Waals surface area contributed by atoms with Gasteiger partial charge in [-0.3, -0.25) is 4.79 Å². The quantitative estimate of drug-likeness (QED) is 0.717. The normalized spacial score (nSPS) is 10.2. The van der Waals surface area contributed by atoms with Gasteiger partial charge in [-0.15, -0.1) is 0 Å². The van der Waals surface area contributed by atoms with Gasteiger partial charge in [0.25, 0.3) is 0 Å². The molecule has 20 heavy (non-hydrogen) atoms. The van der Waals surface area contributed by atoms with E-state index in [0.717, 1.165) is 5.56 Å². The van der Waals surface area contributed by atoms with Crippen LogP contribution in [0, 0.1) is 0 Å². The summed E-state index contributed by atoms with van der Waals surface area (Å²) in [6, 6.07) is 3.53. The first-order valence-electron chi connectivity index (χ1n) is 6.52. The Morgan fingerprint density at radius 2 is 2.20 bits per heavy atom. The van der Waals surface area contributed by atoms with Crippen molar-refractivity contribution in [1.29, 1.82) is 0 Å². The smallest absolute Gasteiger partial charge is 0.219 e. The molecule has 0 heterocycles. The molecule has 0 radical (unpaired) electrons. The van der Waals surface area contributed by atoms with Crippen molar-refractivity contribution in [3.8, 4) is 11.5 Å². The summed E-state index contributed by atoms with van der Waals surface area (Å²) < 4.78 is 11.0. The Bertz CT molecular complexity index is 452. The van der Waals surface area contributed by atoms with Crippen LogP contribution >= 0.6 is 11.6 Å². The van der Waals surface area contributed by atoms with Crippen molar-refractivity contribution in [3.05, 3.63) is 22.7 Å². The number of amides is 1. The first-order valence-corrected chi connectivity index (χ1v) is 6.90. The molecule has 1 aromatic rings. The predicted molar refractivity (Wildman–Crippen MR) is 79.6 cm³/mol. The summed E-state index contributed by atoms with van der Waals surface area (Å²) in [6.07, 6.45) is 1.72. The van der Waals surface area contributed by atoms with E-state index in [1.165, 1.54) is 0 Å². The first-order chi connectivity index (χ1) is 9.62. The number of rotatable bonds is 8. The summed E-state index contributed by atoms with van der Waals surface area (Å²) >= 11 is 6.03. The number of nitrogens with one attached hydrogen (secondary N) is 1. The highest BCUT2D eigenvalue weighted by Gasteiger charge is 2.12. The van der Waals surface area contributed by atoms with Crippen molar-refractivity contribution >= 4 is 17.5 Å². The third-order valence-corrected chi connectivity index (χ3v) is 3.02. The lowest BCUT2D eigenvalue weighted by Gasteiger charge is -2.15. The largest absolute Gasteiger partial charge is 0.493 e. The third kappa shape index (κ3) is 4.90. The van der Waals surface area contributed by atoms with E-state index in [1.54, 1.807) is 20.2 Å². The van der Waals surface area contributed by atoms with Crippen LogP contribution in [0.1, 0.15) is 18.4 Å². The zero-order valence-corrected chi connectivity index (χ0v) is 12.6. The molecule has 6 heteroatoms. The predicted octanol–water partition coefficient (Wildman–Crippen LogP) is 1.75. The number of halogens is 1. The van der Waals surface area contributed by atoms with Gasteiger partial charge in [0.1, 0.15) is 0 Å². The van der Waals surface area contributed by atoms with Gasteiger partial charge in [0.05, 0.1) is 13.7 Å². The number of nitrogens with two attached hydrogens (primary N) is 1. The minimum absolute atomic E-state index is 0.00106. The van der Waals surface area contributed by atoms with Crippen LogP contribution in [0.4, 0.5) is 0 Å². The van der Waals surface area contributed by atoms with Crippen molar-refractivity contribution in [3.63, 3.8) is 0 Å². The van der Waals surface area contributed by atoms with Crippen molar-refractivity contribution in [2.75, 3.05) is 27.3 Å². The van der Waals surface area contributed by atoms with Crippen molar-refractivity contribution in [2.45, 2.75) is 19.3 Å². The van der Waals surface area contributed by atoms with E-state index in [2.05, 4.69) is 5.32 Å². The maximum Gasteiger partial charge on any atom is 0.219 e. The summed E-state index contributed by atoms with van der Waals surface area (Å²) in [5, 5.41) is 3.16. The van der Waals surface area contributed by atoms with Gasteiger partial charge in [-0.2, -0.15) is 0 Å². The van der Waals surface area contributed by atoms with Gasteiger partial charge in [0.15, 0.2) is 11.5 Å². The van der Waals surface area contributed by atoms with Gasteiger partial charge in [-0.25, -0.2) is 0 Å². The molecular formula is C14H21ClN2O3. The summed E-state index contributed by atoms with van der Waals surface area (Å²) in [5.41, 5.74) is 6.50. The second-order valence-electron chi connectivity index (χ2n) is 4.26. The third-order valence-electron chi connectivity index (χ3n) is 2.80. The van der Waals surface area contributed by atoms with Gasteiger partial charge < -0.3 is 20.5 Å². The number of methoxy groups -OCH3 is 1. The van der Waals surface area contributed by atoms with Crippen LogP contribution in [0.25, 0.3) is 0 Å². The molecule has 0 aliphatic carbocycles. The van der Waals surface area contributed by atoms with E-state index in [-0.39, 0.29) is 5.91 Å². The van der Waals surface area contributed by atoms with E-state index in [9.17, 15) is 4.79 Å². The van der Waals surface area contributed by atoms with Crippen molar-refractivity contribution in [2.24, 2.45) is 5.73 Å². The van der Waals surface area contributed by atoms with Crippen LogP contribution in [0.15, 0.2) is 12.1 Å². The van der Waals surface area contributed by atoms with Crippen LogP contribution in [0.3, 0.4) is 0 Å². The standard InChI is InChI=1S/C14H21ClN2O3/c1-17-13(18)4-3-7-20-14-10(5-6-16)8-11(15)9-12(14)19-2/h8-9H,3-7,16H2,1-2H3,(H,17,18). The molecule has 0 fully saturated rings. The van der Waals surface area contributed by atoms with E-state index in [0.29, 0.717) is 48.9 Å². The summed E-state index contributed by atoms with van der Waals surface area (Å²) in [5.74, 6) is 1.24. The van der Waals surface area contributed by atoms with Crippen LogP contribution in [0.5, 0.6) is 11.5 Å². The molecular weight excluding hydrogens is 280 g/mol. The average Bonchev–Trinajstić information content (AvgIpc) is 2.44. The van der Waals surface area contributed by atoms with E-state index in [1.807, 2.05) is 6.07 Å². The number of ether oxygens (including phenoxy) is 2. The summed E-state index contributed by atoms with van der Waals surface area (Å²) in [7, 11) is 3.18. The Morgan fingerprint density at radius 1 is 1.45 bits per heavy atom. The zero-order chi connectivity index (χ0) is 15.0. The number of hydrogen-bond acceptors (Lipinski definition) is 4. The fraction of sp³-hybridized carbons (Fsp3) is 0.500. The van der Waals surface area contributed by atoms with Crippen molar-refractivity contribution in [1.82, 2.24) is 5.32 Å². The molecule has 0 saturated heterocycles. The molecule has 5 nitrogen and oxygen atoms in total. The van der Waals surface area contributed by atoms with E-state index < -0.39 is 0 Å². The monoisotopic (exact) mass is 300 g/mol. The Morgan fingerprint density at radius 3 is 2.80 bits per heavy atom. The van der Waals surface area contributed by atoms with Gasteiger partial charge in [0.2, 0.25) is 5.91 Å². The highest BCUT2D eigenvalue weighted by molar-refractivity contribution is 6.30. The maximum atomic E-state index is 11.1. The molecule has 1 rings (SSSR count). The van der Waals surface area contributed by atoms with Gasteiger partial charge in [-0.05, 0) is 25.5 Å². The molecule has 0 bridgehead atoms. The second-order valence-corrected chi connectivity index (χ2v) is 4.70. The summed E-state index contributed by atoms with van der Waals surface area (Å²) in [4.78, 5) is 11.1. The topological polar surface area (TPSA) is 73.6 Å². The van der Waals surface area contributed by atoms with Gasteiger partial charge in [-0.1, -0.05) is 11.6 Å². The maximum absolute atomic E-state index is 11.1. The minimum Gasteiger partial charge on any atom is -0.493 e. The SMILES string of the molecule is CNC(=O)CCCOc1c(CCN)cc(Cl)cc1OC. The molecule has 1 aromatic carbocycles. The second kappa shape index (κ2) is 8.66. The van der Waals surface area contributed by atoms with E-state index >= 15 is 0 Å². The molecule has 0 aromatic heterocycles. The lowest BCUT2D eigenvalue weighted by Crippen LogP contribution is -2.18. The first kappa shape index (κ1) is 16.6. The van der Waals surface area contributed by atoms with Crippen LogP contribution in [-0.2, 0) is 11.2 Å². The van der Waals surface area contributed by atoms with Crippen molar-refractivity contribution < 1.29 is 14.3 Å². The fourth-order valence-electron chi connectivity index (χ4n) is 1.81. The molecule has 0 aliphatic heterocycles. The molecule has 0 spiro atoms. The lowest BCUT2D eigenvalue weighted by molar-refractivity contribution is -0.120. The van der Waals surface area contributed by atoms with Gasteiger partial charge in [0, 0.05) is 30.1 Å². The Hall–Kier alpha value is -1.46. The molecule has 0 saturated carbocycles. The zero-order valence-electron chi connectivity index (χ0n) is 11.9.